The number of anilines is 1. The van der Waals surface area contributed by atoms with Gasteiger partial charge in [-0.1, -0.05) is 0 Å². The molecule has 0 bridgehead atoms. The van der Waals surface area contributed by atoms with E-state index in [0.717, 1.165) is 4.57 Å². The number of carbonyl (C=O) groups excluding carboxylic acids is 1. The van der Waals surface area contributed by atoms with Crippen molar-refractivity contribution in [3.63, 3.8) is 0 Å². The molecule has 0 saturated carbocycles. The second-order valence-corrected chi connectivity index (χ2v) is 5.19. The number of ether oxygens (including phenoxy) is 2. The lowest BCUT2D eigenvalue weighted by molar-refractivity contribution is -0.178. The molecular formula is C13H19N3O7. The Bertz CT molecular complexity index is 660. The topological polar surface area (TPSA) is 143 Å². The molecule has 0 unspecified atom stereocenters. The highest BCUT2D eigenvalue weighted by Crippen LogP contribution is 2.20. The van der Waals surface area contributed by atoms with Crippen LogP contribution in [0.1, 0.15) is 17.3 Å². The van der Waals surface area contributed by atoms with E-state index >= 15 is 0 Å². The molecule has 0 aliphatic carbocycles. The maximum absolute atomic E-state index is 12.2. The summed E-state index contributed by atoms with van der Waals surface area (Å²) in [5.41, 5.74) is -0.859. The third-order valence-corrected chi connectivity index (χ3v) is 3.56. The van der Waals surface area contributed by atoms with Gasteiger partial charge in [-0.2, -0.15) is 4.98 Å². The number of Topliss-reactive ketones (excluding diaryl/α,β-unsaturated/α-hetero) is 1. The Morgan fingerprint density at radius 1 is 1.39 bits per heavy atom. The second kappa shape index (κ2) is 6.62. The van der Waals surface area contributed by atoms with Crippen LogP contribution in [0.25, 0.3) is 0 Å². The number of hydrogen-bond donors (Lipinski definition) is 4. The van der Waals surface area contributed by atoms with Crippen molar-refractivity contribution in [2.45, 2.75) is 31.5 Å². The van der Waals surface area contributed by atoms with E-state index in [1.165, 1.54) is 21.1 Å². The van der Waals surface area contributed by atoms with Gasteiger partial charge in [0.1, 0.15) is 29.7 Å². The van der Waals surface area contributed by atoms with E-state index in [2.05, 4.69) is 10.3 Å². The first-order chi connectivity index (χ1) is 10.8. The quantitative estimate of drug-likeness (QED) is 0.454. The second-order valence-electron chi connectivity index (χ2n) is 5.19. The van der Waals surface area contributed by atoms with Crippen LogP contribution in [0.3, 0.4) is 0 Å². The molecule has 128 valence electrons. The van der Waals surface area contributed by atoms with Crippen molar-refractivity contribution < 1.29 is 29.6 Å². The minimum atomic E-state index is -1.48. The van der Waals surface area contributed by atoms with E-state index in [-0.39, 0.29) is 24.0 Å². The number of aromatic nitrogens is 2. The van der Waals surface area contributed by atoms with Gasteiger partial charge in [0.2, 0.25) is 0 Å². The number of nitrogens with one attached hydrogen (secondary N) is 1. The predicted molar refractivity (Wildman–Crippen MR) is 77.4 cm³/mol. The fraction of sp³-hybridized carbons (Fsp3) is 0.615. The number of carbonyl (C=O) groups is 1. The normalized spacial score (nSPS) is 27.6. The van der Waals surface area contributed by atoms with Crippen molar-refractivity contribution in [2.75, 3.05) is 19.0 Å². The van der Waals surface area contributed by atoms with E-state index in [1.807, 2.05) is 0 Å². The van der Waals surface area contributed by atoms with Crippen molar-refractivity contribution in [3.8, 4) is 6.01 Å². The number of rotatable bonds is 4. The Balaban J connectivity index is 2.41. The van der Waals surface area contributed by atoms with E-state index < -0.39 is 35.9 Å². The first-order valence-corrected chi connectivity index (χ1v) is 6.86. The zero-order valence-corrected chi connectivity index (χ0v) is 12.9. The molecule has 10 nitrogen and oxygen atoms in total. The average Bonchev–Trinajstić information content (AvgIpc) is 2.50. The summed E-state index contributed by atoms with van der Waals surface area (Å²) in [5, 5.41) is 31.6. The third kappa shape index (κ3) is 3.20. The summed E-state index contributed by atoms with van der Waals surface area (Å²) in [4.78, 5) is 28.0. The summed E-state index contributed by atoms with van der Waals surface area (Å²) in [6.45, 7) is 0.972. The van der Waals surface area contributed by atoms with Gasteiger partial charge in [0, 0.05) is 7.05 Å². The largest absolute Gasteiger partial charge is 0.468 e. The Kier molecular flexibility index (Phi) is 5.00. The SMILES string of the molecule is COc1nc(N[C@@H]2OC[C@@H](O)[C@H](O)[C@H]2O)c(C(C)=O)c(=O)n1C. The van der Waals surface area contributed by atoms with E-state index in [0.29, 0.717) is 0 Å². The maximum Gasteiger partial charge on any atom is 0.300 e. The van der Waals surface area contributed by atoms with Gasteiger partial charge in [0.05, 0.1) is 13.7 Å². The van der Waals surface area contributed by atoms with Crippen LogP contribution in [-0.4, -0.2) is 68.9 Å². The standard InChI is InChI=1S/C13H19N3O7/c1-5(17)7-10(15-13(22-3)16(2)12(7)21)14-11-9(20)8(19)6(18)4-23-11/h6,8-9,11,14,18-20H,4H2,1-3H3/t6-,8+,9-,11-/m1/s1. The van der Waals surface area contributed by atoms with Gasteiger partial charge in [-0.3, -0.25) is 14.2 Å². The van der Waals surface area contributed by atoms with Crippen LogP contribution < -0.4 is 15.6 Å². The van der Waals surface area contributed by atoms with E-state index in [4.69, 9.17) is 9.47 Å². The van der Waals surface area contributed by atoms with Crippen molar-refractivity contribution in [1.29, 1.82) is 0 Å². The molecule has 2 rings (SSSR count). The van der Waals surface area contributed by atoms with Crippen LogP contribution in [0.15, 0.2) is 4.79 Å². The Morgan fingerprint density at radius 2 is 2.04 bits per heavy atom. The Morgan fingerprint density at radius 3 is 2.61 bits per heavy atom. The monoisotopic (exact) mass is 329 g/mol. The lowest BCUT2D eigenvalue weighted by atomic mass is 10.0. The van der Waals surface area contributed by atoms with Gasteiger partial charge in [-0.05, 0) is 6.92 Å². The number of aliphatic hydroxyl groups excluding tert-OH is 3. The summed E-state index contributed by atoms with van der Waals surface area (Å²) < 4.78 is 11.2. The Hall–Kier alpha value is -2.01. The summed E-state index contributed by atoms with van der Waals surface area (Å²) in [7, 11) is 2.71. The smallest absolute Gasteiger partial charge is 0.300 e. The number of nitrogens with zero attached hydrogens (tertiary/aromatic N) is 2. The average molecular weight is 329 g/mol. The van der Waals surface area contributed by atoms with Gasteiger partial charge < -0.3 is 30.1 Å². The highest BCUT2D eigenvalue weighted by molar-refractivity contribution is 5.98. The van der Waals surface area contributed by atoms with Gasteiger partial charge in [-0.15, -0.1) is 0 Å². The molecule has 1 saturated heterocycles. The molecular weight excluding hydrogens is 310 g/mol. The molecule has 0 radical (unpaired) electrons. The summed E-state index contributed by atoms with van der Waals surface area (Å²) >= 11 is 0. The highest BCUT2D eigenvalue weighted by atomic mass is 16.5. The van der Waals surface area contributed by atoms with Crippen molar-refractivity contribution in [3.05, 3.63) is 15.9 Å². The molecule has 0 amide bonds. The van der Waals surface area contributed by atoms with Gasteiger partial charge in [0.15, 0.2) is 12.0 Å². The molecule has 1 aromatic rings. The van der Waals surface area contributed by atoms with Crippen LogP contribution in [0.4, 0.5) is 5.82 Å². The molecule has 23 heavy (non-hydrogen) atoms. The first-order valence-electron chi connectivity index (χ1n) is 6.86. The van der Waals surface area contributed by atoms with Crippen LogP contribution in [0.2, 0.25) is 0 Å². The van der Waals surface area contributed by atoms with Crippen molar-refractivity contribution in [1.82, 2.24) is 9.55 Å². The number of hydrogen-bond acceptors (Lipinski definition) is 9. The zero-order valence-electron chi connectivity index (χ0n) is 12.9. The minimum absolute atomic E-state index is 0.0478. The van der Waals surface area contributed by atoms with E-state index in [1.54, 1.807) is 0 Å². The van der Waals surface area contributed by atoms with E-state index in [9.17, 15) is 24.9 Å². The first kappa shape index (κ1) is 17.3. The number of ketones is 1. The molecule has 0 spiro atoms. The maximum atomic E-state index is 12.2. The fourth-order valence-corrected chi connectivity index (χ4v) is 2.25. The number of aliphatic hydroxyl groups is 3. The molecule has 10 heteroatoms. The number of methoxy groups -OCH3 is 1. The van der Waals surface area contributed by atoms with Crippen LogP contribution in [0.5, 0.6) is 6.01 Å². The fourth-order valence-electron chi connectivity index (χ4n) is 2.25. The highest BCUT2D eigenvalue weighted by Gasteiger charge is 2.38. The lowest BCUT2D eigenvalue weighted by Gasteiger charge is -2.35. The van der Waals surface area contributed by atoms with Crippen LogP contribution in [0, 0.1) is 0 Å². The van der Waals surface area contributed by atoms with Crippen LogP contribution >= 0.6 is 0 Å². The summed E-state index contributed by atoms with van der Waals surface area (Å²) in [6.07, 6.45) is -5.30. The molecule has 1 aliphatic heterocycles. The van der Waals surface area contributed by atoms with Gasteiger partial charge in [-0.25, -0.2) is 0 Å². The minimum Gasteiger partial charge on any atom is -0.468 e. The van der Waals surface area contributed by atoms with Crippen molar-refractivity contribution in [2.24, 2.45) is 7.05 Å². The molecule has 1 aromatic heterocycles. The van der Waals surface area contributed by atoms with Gasteiger partial charge in [0.25, 0.3) is 5.56 Å². The van der Waals surface area contributed by atoms with Crippen LogP contribution in [-0.2, 0) is 11.8 Å². The predicted octanol–water partition coefficient (Wildman–Crippen LogP) is -2.16. The van der Waals surface area contributed by atoms with Crippen molar-refractivity contribution >= 4 is 11.6 Å². The molecule has 2 heterocycles. The molecule has 1 aliphatic rings. The van der Waals surface area contributed by atoms with Gasteiger partial charge >= 0.3 is 6.01 Å². The Labute approximate surface area is 131 Å². The zero-order chi connectivity index (χ0) is 17.3. The molecule has 4 atom stereocenters. The molecule has 4 N–H and O–H groups in total. The molecule has 0 aromatic carbocycles. The molecule has 1 fully saturated rings. The lowest BCUT2D eigenvalue weighted by Crippen LogP contribution is -2.55. The summed E-state index contributed by atoms with van der Waals surface area (Å²) in [5.74, 6) is -0.667. The third-order valence-electron chi connectivity index (χ3n) is 3.56. The summed E-state index contributed by atoms with van der Waals surface area (Å²) in [6, 6.07) is -0.0478.